The lowest BCUT2D eigenvalue weighted by Gasteiger charge is -1.97. The third-order valence-corrected chi connectivity index (χ3v) is 3.56. The Morgan fingerprint density at radius 1 is 1.06 bits per heavy atom. The molecule has 0 amide bonds. The molecular weight excluding hydrogens is 335 g/mol. The highest BCUT2D eigenvalue weighted by Crippen LogP contribution is 2.21. The van der Waals surface area contributed by atoms with Gasteiger partial charge in [-0.1, -0.05) is 30.3 Å². The first-order valence-corrected chi connectivity index (χ1v) is 6.77. The number of hydrogen-bond donors (Lipinski definition) is 0. The summed E-state index contributed by atoms with van der Waals surface area (Å²) < 4.78 is 3.28. The van der Waals surface area contributed by atoms with Crippen LogP contribution in [0.25, 0.3) is 23.3 Å². The van der Waals surface area contributed by atoms with E-state index in [1.165, 1.54) is 9.13 Å². The highest BCUT2D eigenvalue weighted by Gasteiger charge is 2.04. The lowest BCUT2D eigenvalue weighted by Crippen LogP contribution is -1.83. The number of fused-ring (bicyclic) bond motifs is 1. The van der Waals surface area contributed by atoms with Gasteiger partial charge in [0.1, 0.15) is 5.52 Å². The number of hydrogen-bond acceptors (Lipinski definition) is 1. The molecular formula is C15H11IN2. The van der Waals surface area contributed by atoms with Crippen molar-refractivity contribution in [3.63, 3.8) is 0 Å². The molecule has 3 rings (SSSR count). The molecule has 0 bridgehead atoms. The van der Waals surface area contributed by atoms with Gasteiger partial charge in [0.15, 0.2) is 0 Å². The molecule has 0 unspecified atom stereocenters. The zero-order chi connectivity index (χ0) is 12.4. The molecule has 0 radical (unpaired) electrons. The van der Waals surface area contributed by atoms with Gasteiger partial charge in [0.2, 0.25) is 0 Å². The SMILES string of the molecule is Ic1cn(C=Cc2ccccc2)c2cccnc12. The van der Waals surface area contributed by atoms with Crippen molar-refractivity contribution in [3.8, 4) is 0 Å². The van der Waals surface area contributed by atoms with E-state index in [0.717, 1.165) is 11.0 Å². The van der Waals surface area contributed by atoms with E-state index in [1.807, 2.05) is 30.5 Å². The Bertz CT molecular complexity index is 699. The van der Waals surface area contributed by atoms with Crippen molar-refractivity contribution in [3.05, 3.63) is 64.0 Å². The minimum atomic E-state index is 1.05. The predicted molar refractivity (Wildman–Crippen MR) is 84.1 cm³/mol. The van der Waals surface area contributed by atoms with Crippen LogP contribution in [0.15, 0.2) is 54.9 Å². The quantitative estimate of drug-likeness (QED) is 0.634. The number of nitrogens with zero attached hydrogens (tertiary/aromatic N) is 2. The number of rotatable bonds is 2. The highest BCUT2D eigenvalue weighted by molar-refractivity contribution is 14.1. The Balaban J connectivity index is 2.03. The van der Waals surface area contributed by atoms with Gasteiger partial charge in [0, 0.05) is 18.6 Å². The predicted octanol–water partition coefficient (Wildman–Crippen LogP) is 4.27. The monoisotopic (exact) mass is 346 g/mol. The maximum Gasteiger partial charge on any atom is 0.102 e. The molecule has 1 aromatic carbocycles. The highest BCUT2D eigenvalue weighted by atomic mass is 127. The van der Waals surface area contributed by atoms with Crippen LogP contribution in [0, 0.1) is 3.57 Å². The van der Waals surface area contributed by atoms with Crippen LogP contribution in [-0.4, -0.2) is 9.55 Å². The lowest BCUT2D eigenvalue weighted by atomic mass is 10.2. The van der Waals surface area contributed by atoms with Gasteiger partial charge >= 0.3 is 0 Å². The summed E-state index contributed by atoms with van der Waals surface area (Å²) in [6.45, 7) is 0. The molecule has 0 aliphatic heterocycles. The maximum absolute atomic E-state index is 4.39. The fourth-order valence-corrected chi connectivity index (χ4v) is 2.61. The summed E-state index contributed by atoms with van der Waals surface area (Å²) in [6.07, 6.45) is 8.09. The third kappa shape index (κ3) is 2.18. The Kier molecular flexibility index (Phi) is 3.15. The number of halogens is 1. The Hall–Kier alpha value is -1.62. The first-order valence-electron chi connectivity index (χ1n) is 5.69. The first kappa shape index (κ1) is 11.5. The van der Waals surface area contributed by atoms with E-state index in [0.29, 0.717) is 0 Å². The van der Waals surface area contributed by atoms with Crippen molar-refractivity contribution in [1.29, 1.82) is 0 Å². The van der Waals surface area contributed by atoms with Crippen LogP contribution in [0.1, 0.15) is 5.56 Å². The lowest BCUT2D eigenvalue weighted by molar-refractivity contribution is 1.22. The van der Waals surface area contributed by atoms with E-state index >= 15 is 0 Å². The molecule has 2 heterocycles. The van der Waals surface area contributed by atoms with E-state index < -0.39 is 0 Å². The summed E-state index contributed by atoms with van der Waals surface area (Å²) >= 11 is 2.32. The first-order chi connectivity index (χ1) is 8.84. The molecule has 0 N–H and O–H groups in total. The standard InChI is InChI=1S/C15H11IN2/c16-13-11-18(14-7-4-9-17-15(13)14)10-8-12-5-2-1-3-6-12/h1-11H. The summed E-state index contributed by atoms with van der Waals surface area (Å²) in [5.74, 6) is 0. The Morgan fingerprint density at radius 2 is 1.89 bits per heavy atom. The number of pyridine rings is 1. The van der Waals surface area contributed by atoms with Crippen molar-refractivity contribution >= 4 is 45.9 Å². The molecule has 0 aliphatic rings. The second kappa shape index (κ2) is 4.94. The zero-order valence-electron chi connectivity index (χ0n) is 9.62. The zero-order valence-corrected chi connectivity index (χ0v) is 11.8. The van der Waals surface area contributed by atoms with Crippen molar-refractivity contribution < 1.29 is 0 Å². The van der Waals surface area contributed by atoms with Gasteiger partial charge in [-0.15, -0.1) is 0 Å². The van der Waals surface area contributed by atoms with Crippen LogP contribution in [0.4, 0.5) is 0 Å². The molecule has 3 aromatic rings. The van der Waals surface area contributed by atoms with Gasteiger partial charge < -0.3 is 4.57 Å². The van der Waals surface area contributed by atoms with Crippen LogP contribution in [0.3, 0.4) is 0 Å². The van der Waals surface area contributed by atoms with Crippen LogP contribution < -0.4 is 0 Å². The summed E-state index contributed by atoms with van der Waals surface area (Å²) in [4.78, 5) is 4.39. The van der Waals surface area contributed by atoms with E-state index in [4.69, 9.17) is 0 Å². The van der Waals surface area contributed by atoms with Gasteiger partial charge in [-0.3, -0.25) is 4.98 Å². The van der Waals surface area contributed by atoms with E-state index in [-0.39, 0.29) is 0 Å². The minimum absolute atomic E-state index is 1.05. The van der Waals surface area contributed by atoms with Crippen molar-refractivity contribution in [2.24, 2.45) is 0 Å². The molecule has 2 aromatic heterocycles. The molecule has 3 heteroatoms. The molecule has 0 spiro atoms. The smallest absolute Gasteiger partial charge is 0.102 e. The second-order valence-electron chi connectivity index (χ2n) is 3.98. The Morgan fingerprint density at radius 3 is 2.72 bits per heavy atom. The van der Waals surface area contributed by atoms with Gasteiger partial charge in [-0.25, -0.2) is 0 Å². The molecule has 0 saturated heterocycles. The molecule has 18 heavy (non-hydrogen) atoms. The van der Waals surface area contributed by atoms with Crippen molar-refractivity contribution in [2.45, 2.75) is 0 Å². The largest absolute Gasteiger partial charge is 0.321 e. The van der Waals surface area contributed by atoms with Gasteiger partial charge in [0.25, 0.3) is 0 Å². The van der Waals surface area contributed by atoms with Gasteiger partial charge in [-0.05, 0) is 46.4 Å². The molecule has 0 saturated carbocycles. The summed E-state index contributed by atoms with van der Waals surface area (Å²) in [5, 5.41) is 0. The van der Waals surface area contributed by atoms with Crippen LogP contribution >= 0.6 is 22.6 Å². The van der Waals surface area contributed by atoms with E-state index in [9.17, 15) is 0 Å². The van der Waals surface area contributed by atoms with Crippen LogP contribution in [0.5, 0.6) is 0 Å². The van der Waals surface area contributed by atoms with Crippen LogP contribution in [0.2, 0.25) is 0 Å². The molecule has 0 aliphatic carbocycles. The molecule has 0 fully saturated rings. The molecule has 88 valence electrons. The minimum Gasteiger partial charge on any atom is -0.321 e. The van der Waals surface area contributed by atoms with Crippen LogP contribution in [-0.2, 0) is 0 Å². The second-order valence-corrected chi connectivity index (χ2v) is 5.14. The number of benzene rings is 1. The number of aromatic nitrogens is 2. The Labute approximate surface area is 119 Å². The molecule has 0 atom stereocenters. The van der Waals surface area contributed by atoms with Gasteiger partial charge in [0.05, 0.1) is 9.09 Å². The van der Waals surface area contributed by atoms with Crippen molar-refractivity contribution in [2.75, 3.05) is 0 Å². The average Bonchev–Trinajstić information content (AvgIpc) is 2.75. The fraction of sp³-hybridized carbons (Fsp3) is 0. The molecule has 2 nitrogen and oxygen atoms in total. The topological polar surface area (TPSA) is 17.8 Å². The summed E-state index contributed by atoms with van der Waals surface area (Å²) in [6, 6.07) is 14.3. The summed E-state index contributed by atoms with van der Waals surface area (Å²) in [7, 11) is 0. The average molecular weight is 346 g/mol. The van der Waals surface area contributed by atoms with Crippen molar-refractivity contribution in [1.82, 2.24) is 9.55 Å². The fourth-order valence-electron chi connectivity index (χ4n) is 1.90. The summed E-state index contributed by atoms with van der Waals surface area (Å²) in [5.41, 5.74) is 3.38. The van der Waals surface area contributed by atoms with E-state index in [1.54, 1.807) is 0 Å². The third-order valence-electron chi connectivity index (χ3n) is 2.77. The normalized spacial score (nSPS) is 11.4. The maximum atomic E-state index is 4.39. The van der Waals surface area contributed by atoms with Gasteiger partial charge in [-0.2, -0.15) is 0 Å². The van der Waals surface area contributed by atoms with E-state index in [2.05, 4.69) is 68.8 Å².